The molecule has 4 heteroatoms. The van der Waals surface area contributed by atoms with E-state index in [-0.39, 0.29) is 0 Å². The fraction of sp³-hybridized carbons (Fsp3) is 0.632. The SMILES string of the molecule is CCCC1CCC2(CC1)CC[C@@H]2OC(=S)Nc1ccc(Br)cc1. The molecule has 3 rings (SSSR count). The Morgan fingerprint density at radius 1 is 1.22 bits per heavy atom. The molecule has 1 atom stereocenters. The maximum atomic E-state index is 6.12. The Morgan fingerprint density at radius 2 is 1.87 bits per heavy atom. The summed E-state index contributed by atoms with van der Waals surface area (Å²) in [5.41, 5.74) is 1.40. The Balaban J connectivity index is 1.50. The number of anilines is 1. The van der Waals surface area contributed by atoms with Crippen LogP contribution in [0.5, 0.6) is 0 Å². The van der Waals surface area contributed by atoms with Crippen LogP contribution in [0.15, 0.2) is 28.7 Å². The van der Waals surface area contributed by atoms with Gasteiger partial charge in [-0.05, 0) is 80.9 Å². The summed E-state index contributed by atoms with van der Waals surface area (Å²) in [6.45, 7) is 2.30. The van der Waals surface area contributed by atoms with E-state index in [1.54, 1.807) is 0 Å². The van der Waals surface area contributed by atoms with Crippen LogP contribution in [0, 0.1) is 11.3 Å². The van der Waals surface area contributed by atoms with Crippen LogP contribution >= 0.6 is 28.1 Å². The summed E-state index contributed by atoms with van der Waals surface area (Å²) in [4.78, 5) is 0. The largest absolute Gasteiger partial charge is 0.467 e. The van der Waals surface area contributed by atoms with Crippen molar-refractivity contribution in [3.8, 4) is 0 Å². The summed E-state index contributed by atoms with van der Waals surface area (Å²) in [6, 6.07) is 8.02. The molecule has 0 aromatic heterocycles. The first-order valence-corrected chi connectivity index (χ1v) is 10.0. The standard InChI is InChI=1S/C19H26BrNOS/c1-2-3-14-8-11-19(12-9-14)13-10-17(19)22-18(23)21-16-6-4-15(20)5-7-16/h4-7,14,17H,2-3,8-13H2,1H3,(H,21,23)/t14?,17-,19?/m0/s1. The molecule has 0 bridgehead atoms. The van der Waals surface area contributed by atoms with Crippen molar-refractivity contribution in [3.05, 3.63) is 28.7 Å². The molecule has 0 unspecified atom stereocenters. The van der Waals surface area contributed by atoms with Crippen LogP contribution in [-0.4, -0.2) is 11.3 Å². The van der Waals surface area contributed by atoms with Crippen molar-refractivity contribution in [2.24, 2.45) is 11.3 Å². The van der Waals surface area contributed by atoms with E-state index in [9.17, 15) is 0 Å². The van der Waals surface area contributed by atoms with Gasteiger partial charge in [-0.2, -0.15) is 0 Å². The lowest BCUT2D eigenvalue weighted by Crippen LogP contribution is -2.50. The molecule has 1 aromatic carbocycles. The van der Waals surface area contributed by atoms with Gasteiger partial charge in [0.2, 0.25) is 0 Å². The van der Waals surface area contributed by atoms with Crippen molar-refractivity contribution in [2.45, 2.75) is 64.4 Å². The molecule has 2 aliphatic carbocycles. The molecule has 0 saturated heterocycles. The van der Waals surface area contributed by atoms with Gasteiger partial charge >= 0.3 is 0 Å². The molecular formula is C19H26BrNOS. The third-order valence-electron chi connectivity index (χ3n) is 5.73. The maximum Gasteiger partial charge on any atom is 0.261 e. The lowest BCUT2D eigenvalue weighted by atomic mass is 9.57. The van der Waals surface area contributed by atoms with Gasteiger partial charge < -0.3 is 10.1 Å². The highest BCUT2D eigenvalue weighted by Gasteiger charge is 2.50. The molecule has 2 fully saturated rings. The highest BCUT2D eigenvalue weighted by atomic mass is 79.9. The molecule has 2 aliphatic rings. The van der Waals surface area contributed by atoms with Crippen LogP contribution in [0.3, 0.4) is 0 Å². The molecular weight excluding hydrogens is 370 g/mol. The number of nitrogens with one attached hydrogen (secondary N) is 1. The van der Waals surface area contributed by atoms with Crippen LogP contribution in [0.1, 0.15) is 58.3 Å². The minimum Gasteiger partial charge on any atom is -0.467 e. The molecule has 1 N–H and O–H groups in total. The van der Waals surface area contributed by atoms with E-state index in [2.05, 4.69) is 28.2 Å². The predicted octanol–water partition coefficient (Wildman–Crippen LogP) is 6.30. The van der Waals surface area contributed by atoms with Gasteiger partial charge in [0, 0.05) is 15.6 Å². The lowest BCUT2D eigenvalue weighted by Gasteiger charge is -2.52. The molecule has 2 saturated carbocycles. The van der Waals surface area contributed by atoms with Gasteiger partial charge in [-0.25, -0.2) is 0 Å². The fourth-order valence-corrected chi connectivity index (χ4v) is 4.68. The van der Waals surface area contributed by atoms with Crippen LogP contribution < -0.4 is 5.32 Å². The van der Waals surface area contributed by atoms with Gasteiger partial charge in [-0.1, -0.05) is 35.7 Å². The number of hydrogen-bond donors (Lipinski definition) is 1. The normalized spacial score (nSPS) is 29.8. The second kappa shape index (κ2) is 7.52. The average molecular weight is 396 g/mol. The highest BCUT2D eigenvalue weighted by molar-refractivity contribution is 9.10. The van der Waals surface area contributed by atoms with Gasteiger partial charge in [0.25, 0.3) is 5.17 Å². The third-order valence-corrected chi connectivity index (χ3v) is 6.45. The van der Waals surface area contributed by atoms with Crippen LogP contribution in [0.4, 0.5) is 5.69 Å². The summed E-state index contributed by atoms with van der Waals surface area (Å²) in [5, 5.41) is 3.73. The zero-order valence-corrected chi connectivity index (χ0v) is 16.2. The Kier molecular flexibility index (Phi) is 5.63. The van der Waals surface area contributed by atoms with Crippen molar-refractivity contribution >= 4 is 39.0 Å². The summed E-state index contributed by atoms with van der Waals surface area (Å²) >= 11 is 8.86. The average Bonchev–Trinajstić information content (AvgIpc) is 2.55. The molecule has 0 radical (unpaired) electrons. The van der Waals surface area contributed by atoms with E-state index < -0.39 is 0 Å². The second-order valence-electron chi connectivity index (χ2n) is 7.16. The van der Waals surface area contributed by atoms with Crippen LogP contribution in [-0.2, 0) is 4.74 Å². The van der Waals surface area contributed by atoms with E-state index in [0.717, 1.165) is 22.5 Å². The number of benzene rings is 1. The van der Waals surface area contributed by atoms with Gasteiger partial charge in [-0.3, -0.25) is 0 Å². The number of halogens is 1. The smallest absolute Gasteiger partial charge is 0.261 e. The van der Waals surface area contributed by atoms with Crippen molar-refractivity contribution in [2.75, 3.05) is 5.32 Å². The van der Waals surface area contributed by atoms with E-state index >= 15 is 0 Å². The molecule has 1 aromatic rings. The van der Waals surface area contributed by atoms with Crippen LogP contribution in [0.25, 0.3) is 0 Å². The quantitative estimate of drug-likeness (QED) is 0.604. The minimum atomic E-state index is 0.320. The van der Waals surface area contributed by atoms with Gasteiger partial charge in [0.05, 0.1) is 0 Å². The number of ether oxygens (including phenoxy) is 1. The molecule has 0 heterocycles. The first-order valence-electron chi connectivity index (χ1n) is 8.84. The van der Waals surface area contributed by atoms with Crippen molar-refractivity contribution < 1.29 is 4.74 Å². The Morgan fingerprint density at radius 3 is 2.43 bits per heavy atom. The molecule has 2 nitrogen and oxygen atoms in total. The Labute approximate surface area is 153 Å². The highest BCUT2D eigenvalue weighted by Crippen LogP contribution is 2.54. The first-order chi connectivity index (χ1) is 11.1. The van der Waals surface area contributed by atoms with Crippen molar-refractivity contribution in [1.82, 2.24) is 0 Å². The summed E-state index contributed by atoms with van der Waals surface area (Å²) in [6.07, 6.45) is 10.9. The topological polar surface area (TPSA) is 21.3 Å². The molecule has 126 valence electrons. The Bertz CT molecular complexity index is 537. The molecule has 0 aliphatic heterocycles. The maximum absolute atomic E-state index is 6.12. The monoisotopic (exact) mass is 395 g/mol. The molecule has 23 heavy (non-hydrogen) atoms. The van der Waals surface area contributed by atoms with Crippen molar-refractivity contribution in [3.63, 3.8) is 0 Å². The second-order valence-corrected chi connectivity index (χ2v) is 8.45. The summed E-state index contributed by atoms with van der Waals surface area (Å²) in [7, 11) is 0. The number of thiocarbonyl (C=S) groups is 1. The third kappa shape index (κ3) is 4.08. The fourth-order valence-electron chi connectivity index (χ4n) is 4.19. The van der Waals surface area contributed by atoms with Gasteiger partial charge in [0.15, 0.2) is 0 Å². The first kappa shape index (κ1) is 17.2. The number of hydrogen-bond acceptors (Lipinski definition) is 2. The van der Waals surface area contributed by atoms with E-state index in [4.69, 9.17) is 17.0 Å². The molecule has 0 amide bonds. The van der Waals surface area contributed by atoms with Crippen molar-refractivity contribution in [1.29, 1.82) is 0 Å². The molecule has 1 spiro atoms. The van der Waals surface area contributed by atoms with E-state index in [1.165, 1.54) is 44.9 Å². The zero-order valence-electron chi connectivity index (χ0n) is 13.8. The summed E-state index contributed by atoms with van der Waals surface area (Å²) in [5.74, 6) is 0.944. The van der Waals surface area contributed by atoms with Gasteiger partial charge in [-0.15, -0.1) is 0 Å². The zero-order chi connectivity index (χ0) is 16.3. The van der Waals surface area contributed by atoms with E-state index in [1.807, 2.05) is 24.3 Å². The number of rotatable bonds is 4. The van der Waals surface area contributed by atoms with Crippen LogP contribution in [0.2, 0.25) is 0 Å². The predicted molar refractivity (Wildman–Crippen MR) is 104 cm³/mol. The van der Waals surface area contributed by atoms with E-state index in [0.29, 0.717) is 16.7 Å². The Hall–Kier alpha value is -0.610. The minimum absolute atomic E-state index is 0.320. The van der Waals surface area contributed by atoms with Gasteiger partial charge in [0.1, 0.15) is 6.10 Å². The summed E-state index contributed by atoms with van der Waals surface area (Å²) < 4.78 is 7.18. The lowest BCUT2D eigenvalue weighted by molar-refractivity contribution is -0.0843.